The maximum atomic E-state index is 12.0. The molecule has 0 bridgehead atoms. The number of carbonyl (C=O) groups excluding carboxylic acids is 1. The van der Waals surface area contributed by atoms with Crippen LogP contribution >= 0.6 is 11.3 Å². The number of esters is 1. The van der Waals surface area contributed by atoms with Crippen LogP contribution < -0.4 is 19.9 Å². The molecular formula is C24H24N2O5S. The third-order valence-electron chi connectivity index (χ3n) is 5.34. The van der Waals surface area contributed by atoms with Gasteiger partial charge in [-0.15, -0.1) is 11.3 Å². The number of aromatic amines is 1. The first-order valence-electron chi connectivity index (χ1n) is 9.87. The SMILES string of the molecule is COC(=O)c1cc(Cc2c(-c3cc(OC)c(OC)c(OC)c3)[nH]c3ccccc23)sc1N. The number of H-pyrrole nitrogens is 1. The fraction of sp³-hybridized carbons (Fsp3) is 0.208. The number of hydrogen-bond donors (Lipinski definition) is 2. The fourth-order valence-corrected chi connectivity index (χ4v) is 4.77. The van der Waals surface area contributed by atoms with Gasteiger partial charge in [-0.3, -0.25) is 0 Å². The number of nitrogens with two attached hydrogens (primary N) is 1. The Hall–Kier alpha value is -3.65. The van der Waals surface area contributed by atoms with Crippen LogP contribution in [0.15, 0.2) is 42.5 Å². The Kier molecular flexibility index (Phi) is 5.96. The van der Waals surface area contributed by atoms with Crippen molar-refractivity contribution in [2.45, 2.75) is 6.42 Å². The Bertz CT molecular complexity index is 1270. The number of anilines is 1. The zero-order chi connectivity index (χ0) is 22.8. The van der Waals surface area contributed by atoms with Crippen LogP contribution in [0.25, 0.3) is 22.2 Å². The van der Waals surface area contributed by atoms with Gasteiger partial charge in [-0.25, -0.2) is 4.79 Å². The zero-order valence-corrected chi connectivity index (χ0v) is 19.1. The Morgan fingerprint density at radius 3 is 2.31 bits per heavy atom. The average molecular weight is 453 g/mol. The van der Waals surface area contributed by atoms with Crippen molar-refractivity contribution in [3.8, 4) is 28.5 Å². The van der Waals surface area contributed by atoms with E-state index in [9.17, 15) is 4.79 Å². The number of benzene rings is 2. The van der Waals surface area contributed by atoms with Crippen LogP contribution in [0, 0.1) is 0 Å². The van der Waals surface area contributed by atoms with Crippen molar-refractivity contribution in [1.82, 2.24) is 4.98 Å². The number of thiophene rings is 1. The summed E-state index contributed by atoms with van der Waals surface area (Å²) in [6.45, 7) is 0. The molecule has 0 amide bonds. The molecule has 4 rings (SSSR count). The molecule has 7 nitrogen and oxygen atoms in total. The number of carbonyl (C=O) groups is 1. The lowest BCUT2D eigenvalue weighted by Crippen LogP contribution is -2.02. The number of para-hydroxylation sites is 1. The summed E-state index contributed by atoms with van der Waals surface area (Å²) in [5.41, 5.74) is 10.4. The summed E-state index contributed by atoms with van der Waals surface area (Å²) in [6.07, 6.45) is 0.585. The molecule has 2 aromatic heterocycles. The van der Waals surface area contributed by atoms with Crippen molar-refractivity contribution in [3.63, 3.8) is 0 Å². The van der Waals surface area contributed by atoms with Crippen LogP contribution in [0.3, 0.4) is 0 Å². The molecule has 0 fully saturated rings. The summed E-state index contributed by atoms with van der Waals surface area (Å²) in [5, 5.41) is 1.53. The van der Waals surface area contributed by atoms with Crippen molar-refractivity contribution < 1.29 is 23.7 Å². The van der Waals surface area contributed by atoms with Crippen LogP contribution in [-0.4, -0.2) is 39.4 Å². The molecule has 4 aromatic rings. The van der Waals surface area contributed by atoms with Crippen LogP contribution in [0.2, 0.25) is 0 Å². The molecule has 166 valence electrons. The lowest BCUT2D eigenvalue weighted by molar-refractivity contribution is 0.0602. The molecule has 3 N–H and O–H groups in total. The molecule has 0 radical (unpaired) electrons. The van der Waals surface area contributed by atoms with Gasteiger partial charge in [0.15, 0.2) is 11.5 Å². The molecule has 0 aliphatic heterocycles. The highest BCUT2D eigenvalue weighted by atomic mass is 32.1. The molecule has 2 heterocycles. The summed E-state index contributed by atoms with van der Waals surface area (Å²) >= 11 is 1.38. The van der Waals surface area contributed by atoms with Crippen molar-refractivity contribution in [3.05, 3.63) is 58.5 Å². The predicted octanol–water partition coefficient (Wildman–Crippen LogP) is 4.88. The molecule has 8 heteroatoms. The molecule has 2 aromatic carbocycles. The minimum absolute atomic E-state index is 0.390. The third-order valence-corrected chi connectivity index (χ3v) is 6.30. The van der Waals surface area contributed by atoms with E-state index in [1.165, 1.54) is 18.4 Å². The van der Waals surface area contributed by atoms with Gasteiger partial charge >= 0.3 is 5.97 Å². The van der Waals surface area contributed by atoms with Crippen LogP contribution in [0.1, 0.15) is 20.8 Å². The van der Waals surface area contributed by atoms with Gasteiger partial charge in [0.1, 0.15) is 5.00 Å². The Morgan fingerprint density at radius 1 is 1.00 bits per heavy atom. The number of nitrogens with one attached hydrogen (secondary N) is 1. The Balaban J connectivity index is 1.88. The van der Waals surface area contributed by atoms with E-state index < -0.39 is 5.97 Å². The highest BCUT2D eigenvalue weighted by Gasteiger charge is 2.21. The van der Waals surface area contributed by atoms with Gasteiger partial charge < -0.3 is 29.7 Å². The molecular weight excluding hydrogens is 428 g/mol. The van der Waals surface area contributed by atoms with Crippen LogP contribution in [-0.2, 0) is 11.2 Å². The van der Waals surface area contributed by atoms with Gasteiger partial charge in [0, 0.05) is 27.8 Å². The van der Waals surface area contributed by atoms with E-state index in [2.05, 4.69) is 11.1 Å². The maximum Gasteiger partial charge on any atom is 0.340 e. The van der Waals surface area contributed by atoms with Crippen molar-refractivity contribution in [2.75, 3.05) is 34.2 Å². The van der Waals surface area contributed by atoms with E-state index in [-0.39, 0.29) is 0 Å². The highest BCUT2D eigenvalue weighted by Crippen LogP contribution is 2.43. The Morgan fingerprint density at radius 2 is 1.69 bits per heavy atom. The van der Waals surface area contributed by atoms with Crippen molar-refractivity contribution >= 4 is 33.2 Å². The van der Waals surface area contributed by atoms with Crippen LogP contribution in [0.4, 0.5) is 5.00 Å². The first kappa shape index (κ1) is 21.6. The third kappa shape index (κ3) is 3.73. The summed E-state index contributed by atoms with van der Waals surface area (Å²) < 4.78 is 21.4. The standard InChI is InChI=1S/C24H24N2O5S/c1-28-19-9-13(10-20(29-2)22(19)30-3)21-16(15-7-5-6-8-18(15)26-21)11-14-12-17(23(25)32-14)24(27)31-4/h5-10,12,26H,11,25H2,1-4H3. The molecule has 0 aliphatic rings. The molecule has 0 saturated carbocycles. The molecule has 32 heavy (non-hydrogen) atoms. The number of rotatable bonds is 7. The predicted molar refractivity (Wildman–Crippen MR) is 126 cm³/mol. The van der Waals surface area contributed by atoms with Crippen molar-refractivity contribution in [1.29, 1.82) is 0 Å². The molecule has 0 spiro atoms. The maximum absolute atomic E-state index is 12.0. The smallest absolute Gasteiger partial charge is 0.340 e. The highest BCUT2D eigenvalue weighted by molar-refractivity contribution is 7.16. The first-order chi connectivity index (χ1) is 15.5. The Labute approximate surface area is 189 Å². The van der Waals surface area contributed by atoms with Crippen LogP contribution in [0.5, 0.6) is 17.2 Å². The molecule has 0 atom stereocenters. The summed E-state index contributed by atoms with van der Waals surface area (Å²) in [6, 6.07) is 13.7. The topological polar surface area (TPSA) is 95.8 Å². The lowest BCUT2D eigenvalue weighted by atomic mass is 10.0. The summed E-state index contributed by atoms with van der Waals surface area (Å²) in [5.74, 6) is 1.23. The number of nitrogen functional groups attached to an aromatic ring is 1. The lowest BCUT2D eigenvalue weighted by Gasteiger charge is -2.14. The summed E-state index contributed by atoms with van der Waals surface area (Å²) in [7, 11) is 6.11. The number of fused-ring (bicyclic) bond motifs is 1. The second-order valence-electron chi connectivity index (χ2n) is 7.10. The minimum atomic E-state index is -0.436. The summed E-state index contributed by atoms with van der Waals surface area (Å²) in [4.78, 5) is 16.5. The first-order valence-corrected chi connectivity index (χ1v) is 10.7. The van der Waals surface area contributed by atoms with Crippen molar-refractivity contribution in [2.24, 2.45) is 0 Å². The number of aromatic nitrogens is 1. The van der Waals surface area contributed by atoms with E-state index >= 15 is 0 Å². The fourth-order valence-electron chi connectivity index (χ4n) is 3.84. The van der Waals surface area contributed by atoms with E-state index in [0.29, 0.717) is 34.2 Å². The molecule has 0 aliphatic carbocycles. The monoisotopic (exact) mass is 452 g/mol. The van der Waals surface area contributed by atoms with Gasteiger partial charge in [-0.2, -0.15) is 0 Å². The van der Waals surface area contributed by atoms with E-state index in [1.807, 2.05) is 30.3 Å². The average Bonchev–Trinajstić information content (AvgIpc) is 3.37. The van der Waals surface area contributed by atoms with Gasteiger partial charge in [0.05, 0.1) is 39.7 Å². The normalized spacial score (nSPS) is 10.9. The largest absolute Gasteiger partial charge is 0.493 e. The number of ether oxygens (including phenoxy) is 4. The number of hydrogen-bond acceptors (Lipinski definition) is 7. The van der Waals surface area contributed by atoms with Gasteiger partial charge in [0.2, 0.25) is 5.75 Å². The quantitative estimate of drug-likeness (QED) is 0.388. The molecule has 0 unspecified atom stereocenters. The zero-order valence-electron chi connectivity index (χ0n) is 18.3. The van der Waals surface area contributed by atoms with E-state index in [0.717, 1.165) is 32.6 Å². The van der Waals surface area contributed by atoms with E-state index in [4.69, 9.17) is 24.7 Å². The van der Waals surface area contributed by atoms with Gasteiger partial charge in [-0.05, 0) is 29.8 Å². The second kappa shape index (κ2) is 8.84. The minimum Gasteiger partial charge on any atom is -0.493 e. The van der Waals surface area contributed by atoms with E-state index in [1.54, 1.807) is 27.4 Å². The van der Waals surface area contributed by atoms with Gasteiger partial charge in [-0.1, -0.05) is 18.2 Å². The molecule has 0 saturated heterocycles. The number of methoxy groups -OCH3 is 4. The van der Waals surface area contributed by atoms with Gasteiger partial charge in [0.25, 0.3) is 0 Å². The second-order valence-corrected chi connectivity index (χ2v) is 8.27.